The van der Waals surface area contributed by atoms with Gasteiger partial charge in [-0.25, -0.2) is 4.79 Å². The first kappa shape index (κ1) is 89.4. The first-order valence-electron chi connectivity index (χ1n) is 30.2. The number of rotatable bonds is 51. The normalized spacial score (nSPS) is 14.3. The van der Waals surface area contributed by atoms with Crippen LogP contribution in [0.1, 0.15) is 77.0 Å². The van der Waals surface area contributed by atoms with Crippen LogP contribution in [0.5, 0.6) is 0 Å². The number of nitrogens with two attached hydrogens (primary N) is 9. The molecule has 0 unspecified atom stereocenters. The molecule has 0 fully saturated rings. The minimum Gasteiger partial charge on any atom is -0.481 e. The van der Waals surface area contributed by atoms with Gasteiger partial charge < -0.3 is 156 Å². The van der Waals surface area contributed by atoms with E-state index in [0.717, 1.165) is 0 Å². The molecule has 49 nitrogen and oxygen atoms in total. The van der Waals surface area contributed by atoms with Gasteiger partial charge in [0.15, 0.2) is 23.8 Å². The molecule has 0 spiro atoms. The van der Waals surface area contributed by atoms with Gasteiger partial charge in [-0.1, -0.05) is 0 Å². The molecule has 0 bridgehead atoms. The van der Waals surface area contributed by atoms with Crippen molar-refractivity contribution in [2.24, 2.45) is 71.6 Å². The summed E-state index contributed by atoms with van der Waals surface area (Å²) in [6.07, 6.45) is -7.16. The third-order valence-electron chi connectivity index (χ3n) is 13.3. The van der Waals surface area contributed by atoms with Crippen molar-refractivity contribution in [1.82, 2.24) is 58.5 Å². The number of guanidine groups is 4. The summed E-state index contributed by atoms with van der Waals surface area (Å²) in [6.45, 7) is -5.67. The number of aliphatic hydroxyl groups excluding tert-OH is 4. The average Bonchev–Trinajstić information content (AvgIpc) is 0.866. The lowest BCUT2D eigenvalue weighted by Gasteiger charge is -2.27. The molecular formula is C52H90N24O25. The molecule has 0 aliphatic rings. The van der Waals surface area contributed by atoms with Crippen LogP contribution in [0.15, 0.2) is 20.0 Å². The van der Waals surface area contributed by atoms with E-state index in [1.54, 1.807) is 0 Å². The van der Waals surface area contributed by atoms with Gasteiger partial charge in [0.05, 0.1) is 52.1 Å². The highest BCUT2D eigenvalue weighted by Gasteiger charge is 2.38. The summed E-state index contributed by atoms with van der Waals surface area (Å²) in [6, 6.07) is -23.7. The lowest BCUT2D eigenvalue weighted by molar-refractivity contribution is -0.147. The highest BCUT2D eigenvalue weighted by molar-refractivity contribution is 6.01. The number of aliphatic imine (C=N–C) groups is 4. The predicted octanol–water partition coefficient (Wildman–Crippen LogP) is -16.2. The summed E-state index contributed by atoms with van der Waals surface area (Å²) in [5.74, 6) is -25.5. The van der Waals surface area contributed by atoms with E-state index in [4.69, 9.17) is 56.7 Å². The molecule has 0 aliphatic heterocycles. The van der Waals surface area contributed by atoms with Crippen LogP contribution < -0.4 is 110 Å². The monoisotopic (exact) mass is 1450 g/mol. The minimum atomic E-state index is -2.25. The number of hydrogen-bond acceptors (Lipinski definition) is 25. The van der Waals surface area contributed by atoms with Crippen LogP contribution in [0.3, 0.4) is 0 Å². The highest BCUT2D eigenvalue weighted by atomic mass is 16.4. The molecule has 0 aromatic rings. The molecule has 49 heteroatoms. The number of nitrogens with zero attached hydrogens (tertiary/aromatic N) is 4. The maximum atomic E-state index is 14.0. The van der Waals surface area contributed by atoms with Crippen LogP contribution in [0.25, 0.3) is 0 Å². The zero-order chi connectivity index (χ0) is 77.2. The Hall–Kier alpha value is -11.6. The summed E-state index contributed by atoms with van der Waals surface area (Å²) in [5.41, 5.74) is 48.4. The van der Waals surface area contributed by atoms with Gasteiger partial charge >= 0.3 is 29.8 Å². The third-order valence-corrected chi connectivity index (χ3v) is 13.3. The van der Waals surface area contributed by atoms with Crippen molar-refractivity contribution in [3.8, 4) is 0 Å². The van der Waals surface area contributed by atoms with Gasteiger partial charge in [0.25, 0.3) is 0 Å². The lowest BCUT2D eigenvalue weighted by Crippen LogP contribution is -2.62. The van der Waals surface area contributed by atoms with Crippen LogP contribution in [-0.2, 0) is 76.7 Å². The second kappa shape index (κ2) is 47.4. The number of carbonyl (C=O) groups is 16. The van der Waals surface area contributed by atoms with Gasteiger partial charge in [0, 0.05) is 26.2 Å². The van der Waals surface area contributed by atoms with Crippen molar-refractivity contribution < 1.29 is 123 Å². The van der Waals surface area contributed by atoms with E-state index in [0.29, 0.717) is 0 Å². The number of amides is 11. The largest absolute Gasteiger partial charge is 0.481 e. The molecule has 0 saturated heterocycles. The summed E-state index contributed by atoms with van der Waals surface area (Å²) in [4.78, 5) is 224. The zero-order valence-electron chi connectivity index (χ0n) is 54.1. The van der Waals surface area contributed by atoms with E-state index in [2.05, 4.69) is 46.6 Å². The number of carboxylic acid groups (broad SMARTS) is 5. The van der Waals surface area contributed by atoms with Crippen LogP contribution in [0.4, 0.5) is 0 Å². The summed E-state index contributed by atoms with van der Waals surface area (Å²) >= 11 is 0. The van der Waals surface area contributed by atoms with Gasteiger partial charge in [-0.15, -0.1) is 0 Å². The van der Waals surface area contributed by atoms with E-state index in [1.807, 2.05) is 31.9 Å². The number of carboxylic acids is 5. The molecule has 0 aromatic heterocycles. The SMILES string of the molecule is NC(N)=NCCC[C@H](NC(=O)[C@H](CO)NC(=O)[C@H](CC(=O)O)NC(=O)[C@H](CCCN=C(N)N)NC(=O)[C@H](CO)NC(=O)[C@H](CC(=O)O)NC(=O)[C@H](CCCN=C(N)N)NC(=O)[C@H](CO)NC(=O)[C@H](CC(=O)O)NC(=O)[C@H](CCCN=C(N)N)NC(=O)[C@@H](N)CO)C(=O)N[C@@H](CC(=O)O)C(=O)O. The smallest absolute Gasteiger partial charge is 0.326 e. The van der Waals surface area contributed by atoms with E-state index in [1.165, 1.54) is 0 Å². The Morgan fingerprint density at radius 2 is 0.436 bits per heavy atom. The molecule has 101 heavy (non-hydrogen) atoms. The predicted molar refractivity (Wildman–Crippen MR) is 344 cm³/mol. The summed E-state index contributed by atoms with van der Waals surface area (Å²) < 4.78 is 0. The molecule has 38 N–H and O–H groups in total. The third kappa shape index (κ3) is 37.6. The van der Waals surface area contributed by atoms with Gasteiger partial charge in [-0.2, -0.15) is 0 Å². The van der Waals surface area contributed by atoms with Crippen molar-refractivity contribution in [2.45, 2.75) is 150 Å². The van der Waals surface area contributed by atoms with Crippen LogP contribution in [0, 0.1) is 0 Å². The first-order chi connectivity index (χ1) is 47.3. The molecule has 0 aliphatic carbocycles. The van der Waals surface area contributed by atoms with Crippen LogP contribution in [0.2, 0.25) is 0 Å². The zero-order valence-corrected chi connectivity index (χ0v) is 54.1. The molecular weight excluding hydrogens is 1360 g/mol. The van der Waals surface area contributed by atoms with Crippen molar-refractivity contribution in [3.63, 3.8) is 0 Å². The number of aliphatic hydroxyl groups is 4. The van der Waals surface area contributed by atoms with Gasteiger partial charge in [-0.05, 0) is 51.4 Å². The van der Waals surface area contributed by atoms with Gasteiger partial charge in [-0.3, -0.25) is 91.9 Å². The fraction of sp³-hybridized carbons (Fsp3) is 0.615. The number of aliphatic carboxylic acids is 5. The fourth-order valence-corrected chi connectivity index (χ4v) is 8.28. The topological polar surface area (TPSA) is 871 Å². The van der Waals surface area contributed by atoms with E-state index in [9.17, 15) is 118 Å². The molecule has 0 saturated carbocycles. The Bertz CT molecular complexity index is 3010. The fourth-order valence-electron chi connectivity index (χ4n) is 8.28. The summed E-state index contributed by atoms with van der Waals surface area (Å²) in [5, 5.41) is 111. The van der Waals surface area contributed by atoms with E-state index >= 15 is 0 Å². The molecule has 568 valence electrons. The maximum Gasteiger partial charge on any atom is 0.326 e. The van der Waals surface area contributed by atoms with Crippen LogP contribution in [-0.4, -0.2) is 290 Å². The Kier molecular flexibility index (Phi) is 41.9. The Morgan fingerprint density at radius 3 is 0.634 bits per heavy atom. The molecule has 0 aromatic carbocycles. The molecule has 0 rings (SSSR count). The lowest BCUT2D eigenvalue weighted by atomic mass is 10.1. The van der Waals surface area contributed by atoms with Gasteiger partial charge in [0.2, 0.25) is 65.0 Å². The number of hydrogen-bond donors (Lipinski definition) is 29. The second-order valence-electron chi connectivity index (χ2n) is 21.5. The van der Waals surface area contributed by atoms with Crippen molar-refractivity contribution in [1.29, 1.82) is 0 Å². The number of nitrogens with one attached hydrogen (secondary N) is 11. The van der Waals surface area contributed by atoms with Crippen molar-refractivity contribution in [3.05, 3.63) is 0 Å². The molecule has 12 atom stereocenters. The second-order valence-corrected chi connectivity index (χ2v) is 21.5. The Balaban J connectivity index is 7.03. The number of carbonyl (C=O) groups excluding carboxylic acids is 11. The minimum absolute atomic E-state index is 0.00671. The maximum absolute atomic E-state index is 14.0. The van der Waals surface area contributed by atoms with Crippen molar-refractivity contribution >= 4 is 119 Å². The Labute approximate surface area is 572 Å². The summed E-state index contributed by atoms with van der Waals surface area (Å²) in [7, 11) is 0. The quantitative estimate of drug-likeness (QED) is 0.0153. The highest BCUT2D eigenvalue weighted by Crippen LogP contribution is 2.09. The Morgan fingerprint density at radius 1 is 0.257 bits per heavy atom. The van der Waals surface area contributed by atoms with Crippen molar-refractivity contribution in [2.75, 3.05) is 52.6 Å². The van der Waals surface area contributed by atoms with E-state index < -0.39 is 244 Å². The first-order valence-corrected chi connectivity index (χ1v) is 30.2. The standard InChI is InChI=1S/C52H90N24O25/c53-21(17-77)37(89)66-22(5-1-9-62-49(54)55)38(90)70-26(13-33(81)82)42(94)74-30(18-78)45(97)67-23(6-2-10-63-50(56)57)39(91)71-27(14-34(83)84)43(95)75-31(19-79)46(98)68-24(7-3-11-64-51(58)59)40(92)72-28(15-35(85)86)44(96)76-32(20-80)47(99)69-25(8-4-12-65-52(60)61)41(93)73-29(48(100)101)16-36(87)88/h21-32,77-80H,1-20,53H2,(H,66,89)(H,67,97)(H,68,98)(H,69,99)(H,70,90)(H,71,91)(H,72,92)(H,73,93)(H,74,94)(H,75,95)(H,76,96)(H,81,82)(H,83,84)(H,85,86)(H,87,88)(H,100,101)(H4,54,55,62)(H4,56,57,63)(H4,58,59,64)(H4,60,61,65)/t21-,22-,23-,24-,25-,26-,27-,28-,29-,30-,31-,32-/m0/s1. The molecule has 0 heterocycles. The van der Waals surface area contributed by atoms with Gasteiger partial charge in [0.1, 0.15) is 72.5 Å². The molecule has 11 amide bonds. The average molecular weight is 1450 g/mol. The van der Waals surface area contributed by atoms with Crippen LogP contribution >= 0.6 is 0 Å². The molecule has 0 radical (unpaired) electrons. The van der Waals surface area contributed by atoms with E-state index in [-0.39, 0.29) is 76.6 Å².